The van der Waals surface area contributed by atoms with Crippen LogP contribution in [0.15, 0.2) is 42.5 Å². The van der Waals surface area contributed by atoms with E-state index in [1.807, 2.05) is 6.07 Å². The molecule has 0 aliphatic carbocycles. The van der Waals surface area contributed by atoms with E-state index in [1.54, 1.807) is 5.56 Å². The van der Waals surface area contributed by atoms with Crippen LogP contribution in [0.1, 0.15) is 41.3 Å². The Labute approximate surface area is 114 Å². The number of hydrogen-bond donors (Lipinski definition) is 0. The van der Waals surface area contributed by atoms with Crippen LogP contribution in [0.25, 0.3) is 0 Å². The summed E-state index contributed by atoms with van der Waals surface area (Å²) in [6, 6.07) is 19.9. The van der Waals surface area contributed by atoms with Gasteiger partial charge in [-0.3, -0.25) is 4.90 Å². The van der Waals surface area contributed by atoms with Gasteiger partial charge in [-0.25, -0.2) is 0 Å². The molecule has 2 aromatic rings. The zero-order chi connectivity index (χ0) is 12.8. The van der Waals surface area contributed by atoms with E-state index in [1.165, 1.54) is 29.7 Å². The Bertz CT molecular complexity index is 617. The molecule has 2 unspecified atom stereocenters. The zero-order valence-corrected chi connectivity index (χ0v) is 11.3. The average molecular weight is 248 g/mol. The molecule has 1 nitrogen and oxygen atoms in total. The van der Waals surface area contributed by atoms with Gasteiger partial charge in [0.15, 0.2) is 0 Å². The highest BCUT2D eigenvalue weighted by Gasteiger charge is 2.35. The van der Waals surface area contributed by atoms with Crippen molar-refractivity contribution < 1.29 is 0 Å². The topological polar surface area (TPSA) is 3.24 Å². The third-order valence-corrected chi connectivity index (χ3v) is 4.76. The lowest BCUT2D eigenvalue weighted by atomic mass is 9.81. The standard InChI is InChI=1S/C18H18N/c1-13-16-8-4-3-7-15(16)12-18-17-9-5-2-6-14(17)10-11-19(13)18/h2-7,9,13,18H,10-12H2,1H3. The van der Waals surface area contributed by atoms with E-state index < -0.39 is 0 Å². The SMILES string of the molecule is CC1c2[c]cccc2CC2c3ccccc3CCN12. The molecule has 2 atom stereocenters. The Morgan fingerprint density at radius 3 is 2.89 bits per heavy atom. The molecule has 0 N–H and O–H groups in total. The minimum atomic E-state index is 0.489. The molecule has 95 valence electrons. The first-order chi connectivity index (χ1) is 9.34. The Hall–Kier alpha value is -1.60. The average Bonchev–Trinajstić information content (AvgIpc) is 2.47. The number of fused-ring (bicyclic) bond motifs is 4. The fraction of sp³-hybridized carbons (Fsp3) is 0.333. The third kappa shape index (κ3) is 1.65. The minimum Gasteiger partial charge on any atom is -0.289 e. The van der Waals surface area contributed by atoms with Crippen LogP contribution in [-0.4, -0.2) is 11.4 Å². The molecule has 1 radical (unpaired) electrons. The second-order valence-corrected chi connectivity index (χ2v) is 5.69. The third-order valence-electron chi connectivity index (χ3n) is 4.76. The summed E-state index contributed by atoms with van der Waals surface area (Å²) < 4.78 is 0. The van der Waals surface area contributed by atoms with Crippen LogP contribution >= 0.6 is 0 Å². The predicted molar refractivity (Wildman–Crippen MR) is 77.0 cm³/mol. The fourth-order valence-electron chi connectivity index (χ4n) is 3.79. The molecule has 0 saturated heterocycles. The second kappa shape index (κ2) is 4.21. The van der Waals surface area contributed by atoms with Crippen molar-refractivity contribution in [1.82, 2.24) is 4.90 Å². The van der Waals surface area contributed by atoms with Gasteiger partial charge >= 0.3 is 0 Å². The van der Waals surface area contributed by atoms with E-state index in [-0.39, 0.29) is 0 Å². The van der Waals surface area contributed by atoms with Crippen LogP contribution in [0.4, 0.5) is 0 Å². The predicted octanol–water partition coefficient (Wildman–Crippen LogP) is 3.70. The molecule has 2 aliphatic heterocycles. The Balaban J connectivity index is 1.83. The van der Waals surface area contributed by atoms with Gasteiger partial charge in [-0.15, -0.1) is 0 Å². The summed E-state index contributed by atoms with van der Waals surface area (Å²) in [4.78, 5) is 2.65. The van der Waals surface area contributed by atoms with Crippen LogP contribution in [0.2, 0.25) is 0 Å². The lowest BCUT2D eigenvalue weighted by Crippen LogP contribution is -2.41. The quantitative estimate of drug-likeness (QED) is 0.687. The van der Waals surface area contributed by atoms with Crippen molar-refractivity contribution in [3.63, 3.8) is 0 Å². The summed E-state index contributed by atoms with van der Waals surface area (Å²) in [5, 5.41) is 0. The molecule has 1 heteroatoms. The monoisotopic (exact) mass is 248 g/mol. The molecule has 0 amide bonds. The molecule has 0 saturated carbocycles. The molecule has 0 bridgehead atoms. The first-order valence-electron chi connectivity index (χ1n) is 7.17. The van der Waals surface area contributed by atoms with Crippen molar-refractivity contribution in [1.29, 1.82) is 0 Å². The number of nitrogens with zero attached hydrogens (tertiary/aromatic N) is 1. The van der Waals surface area contributed by atoms with E-state index in [0.717, 1.165) is 6.42 Å². The van der Waals surface area contributed by atoms with E-state index in [0.29, 0.717) is 12.1 Å². The van der Waals surface area contributed by atoms with Gasteiger partial charge in [0.25, 0.3) is 0 Å². The van der Waals surface area contributed by atoms with Crippen LogP contribution in [0.3, 0.4) is 0 Å². The van der Waals surface area contributed by atoms with Gasteiger partial charge in [0.2, 0.25) is 0 Å². The highest BCUT2D eigenvalue weighted by Crippen LogP contribution is 2.42. The summed E-state index contributed by atoms with van der Waals surface area (Å²) in [7, 11) is 0. The van der Waals surface area contributed by atoms with Gasteiger partial charge in [0.05, 0.1) is 0 Å². The van der Waals surface area contributed by atoms with Gasteiger partial charge in [0, 0.05) is 18.6 Å². The van der Waals surface area contributed by atoms with Crippen molar-refractivity contribution in [2.75, 3.05) is 6.54 Å². The normalized spacial score (nSPS) is 25.3. The lowest BCUT2D eigenvalue weighted by Gasteiger charge is -2.45. The summed E-state index contributed by atoms with van der Waals surface area (Å²) in [5.41, 5.74) is 5.96. The summed E-state index contributed by atoms with van der Waals surface area (Å²) in [6.07, 6.45) is 2.31. The van der Waals surface area contributed by atoms with E-state index in [9.17, 15) is 0 Å². The molecule has 0 aromatic heterocycles. The highest BCUT2D eigenvalue weighted by molar-refractivity contribution is 5.39. The number of benzene rings is 2. The summed E-state index contributed by atoms with van der Waals surface area (Å²) in [6.45, 7) is 3.50. The van der Waals surface area contributed by atoms with Crippen molar-refractivity contribution in [2.24, 2.45) is 0 Å². The summed E-state index contributed by atoms with van der Waals surface area (Å²) >= 11 is 0. The van der Waals surface area contributed by atoms with Crippen LogP contribution < -0.4 is 0 Å². The Morgan fingerprint density at radius 2 is 1.95 bits per heavy atom. The van der Waals surface area contributed by atoms with Crippen molar-refractivity contribution in [3.8, 4) is 0 Å². The first kappa shape index (κ1) is 11.2. The van der Waals surface area contributed by atoms with Gasteiger partial charge in [-0.2, -0.15) is 0 Å². The Kier molecular flexibility index (Phi) is 2.49. The molecule has 19 heavy (non-hydrogen) atoms. The van der Waals surface area contributed by atoms with E-state index in [2.05, 4.69) is 54.3 Å². The molecule has 4 rings (SSSR count). The maximum atomic E-state index is 3.45. The van der Waals surface area contributed by atoms with Gasteiger partial charge in [0.1, 0.15) is 0 Å². The minimum absolute atomic E-state index is 0.489. The second-order valence-electron chi connectivity index (χ2n) is 5.69. The van der Waals surface area contributed by atoms with Crippen LogP contribution in [-0.2, 0) is 12.8 Å². The summed E-state index contributed by atoms with van der Waals surface area (Å²) in [5.74, 6) is 0. The zero-order valence-electron chi connectivity index (χ0n) is 11.3. The molecule has 2 aromatic carbocycles. The van der Waals surface area contributed by atoms with Crippen molar-refractivity contribution in [3.05, 3.63) is 70.8 Å². The molecule has 0 spiro atoms. The van der Waals surface area contributed by atoms with Crippen LogP contribution in [0.5, 0.6) is 0 Å². The molecule has 2 aliphatic rings. The molecule has 2 heterocycles. The van der Waals surface area contributed by atoms with Gasteiger partial charge in [-0.05, 0) is 48.1 Å². The lowest BCUT2D eigenvalue weighted by molar-refractivity contribution is 0.117. The smallest absolute Gasteiger partial charge is 0.0397 e. The van der Waals surface area contributed by atoms with Crippen molar-refractivity contribution in [2.45, 2.75) is 31.8 Å². The van der Waals surface area contributed by atoms with E-state index >= 15 is 0 Å². The Morgan fingerprint density at radius 1 is 1.11 bits per heavy atom. The number of rotatable bonds is 0. The molecular formula is C18H18N. The van der Waals surface area contributed by atoms with Crippen molar-refractivity contribution >= 4 is 0 Å². The maximum Gasteiger partial charge on any atom is 0.0397 e. The van der Waals surface area contributed by atoms with Gasteiger partial charge < -0.3 is 0 Å². The fourth-order valence-corrected chi connectivity index (χ4v) is 3.79. The largest absolute Gasteiger partial charge is 0.289 e. The highest BCUT2D eigenvalue weighted by atomic mass is 15.2. The molecule has 0 fully saturated rings. The molecular weight excluding hydrogens is 230 g/mol. The van der Waals surface area contributed by atoms with Gasteiger partial charge in [-0.1, -0.05) is 42.5 Å². The van der Waals surface area contributed by atoms with E-state index in [4.69, 9.17) is 0 Å². The number of hydrogen-bond acceptors (Lipinski definition) is 1. The first-order valence-corrected chi connectivity index (χ1v) is 7.17. The maximum absolute atomic E-state index is 3.45. The van der Waals surface area contributed by atoms with Crippen LogP contribution in [0, 0.1) is 6.07 Å².